The van der Waals surface area contributed by atoms with Crippen LogP contribution in [-0.4, -0.2) is 53.3 Å². The molecule has 0 spiro atoms. The topological polar surface area (TPSA) is 68.7 Å². The van der Waals surface area contributed by atoms with Crippen LogP contribution < -0.4 is 10.2 Å². The normalized spacial score (nSPS) is 21.9. The predicted octanol–water partition coefficient (Wildman–Crippen LogP) is 1.44. The molecule has 2 N–H and O–H groups in total. The van der Waals surface area contributed by atoms with Crippen molar-refractivity contribution in [1.29, 1.82) is 0 Å². The van der Waals surface area contributed by atoms with Crippen molar-refractivity contribution in [1.82, 2.24) is 9.88 Å². The van der Waals surface area contributed by atoms with Crippen LogP contribution in [0.25, 0.3) is 0 Å². The first-order valence-electron chi connectivity index (χ1n) is 5.79. The molecule has 1 fully saturated rings. The summed E-state index contributed by atoms with van der Waals surface area (Å²) in [6, 6.07) is 2.17. The summed E-state index contributed by atoms with van der Waals surface area (Å²) in [4.78, 5) is 19.1. The van der Waals surface area contributed by atoms with Gasteiger partial charge in [0.1, 0.15) is 0 Å². The first-order chi connectivity index (χ1) is 8.65. The lowest BCUT2D eigenvalue weighted by atomic mass is 10.1. The maximum Gasteiger partial charge on any atom is 0.407 e. The Bertz CT molecular complexity index is 496. The number of aromatic nitrogens is 1. The molecule has 3 heterocycles. The van der Waals surface area contributed by atoms with Crippen molar-refractivity contribution in [2.24, 2.45) is 0 Å². The average molecular weight is 313 g/mol. The average Bonchev–Trinajstić information content (AvgIpc) is 2.37. The number of halogens is 1. The maximum atomic E-state index is 11.0. The Morgan fingerprint density at radius 2 is 2.39 bits per heavy atom. The van der Waals surface area contributed by atoms with Gasteiger partial charge in [0.2, 0.25) is 0 Å². The highest BCUT2D eigenvalue weighted by Crippen LogP contribution is 2.32. The Hall–Kier alpha value is -1.50. The molecule has 6 nitrogen and oxygen atoms in total. The first-order valence-corrected chi connectivity index (χ1v) is 6.58. The molecular weight excluding hydrogens is 300 g/mol. The highest BCUT2D eigenvalue weighted by molar-refractivity contribution is 9.10. The Labute approximate surface area is 113 Å². The highest BCUT2D eigenvalue weighted by Gasteiger charge is 2.34. The SMILES string of the molecule is O=C(O)N1CCN2c3ncc(Br)cc3NCC2C1. The zero-order chi connectivity index (χ0) is 12.7. The third kappa shape index (κ3) is 1.88. The summed E-state index contributed by atoms with van der Waals surface area (Å²) in [5.74, 6) is 0.916. The van der Waals surface area contributed by atoms with E-state index in [9.17, 15) is 4.79 Å². The molecular formula is C11H13BrN4O2. The minimum atomic E-state index is -0.843. The Morgan fingerprint density at radius 3 is 3.17 bits per heavy atom. The van der Waals surface area contributed by atoms with E-state index in [1.54, 1.807) is 6.20 Å². The van der Waals surface area contributed by atoms with Gasteiger partial charge in [-0.2, -0.15) is 0 Å². The van der Waals surface area contributed by atoms with Crippen LogP contribution in [0.5, 0.6) is 0 Å². The smallest absolute Gasteiger partial charge is 0.407 e. The molecule has 0 bridgehead atoms. The predicted molar refractivity (Wildman–Crippen MR) is 71.2 cm³/mol. The van der Waals surface area contributed by atoms with E-state index in [-0.39, 0.29) is 6.04 Å². The quantitative estimate of drug-likeness (QED) is 0.758. The molecule has 0 radical (unpaired) electrons. The first kappa shape index (κ1) is 11.6. The molecule has 2 aliphatic rings. The lowest BCUT2D eigenvalue weighted by molar-refractivity contribution is 0.135. The maximum absolute atomic E-state index is 11.0. The Kier molecular flexibility index (Phi) is 2.77. The largest absolute Gasteiger partial charge is 0.465 e. The van der Waals surface area contributed by atoms with Gasteiger partial charge in [0.25, 0.3) is 0 Å². The molecule has 1 atom stereocenters. The molecule has 0 saturated carbocycles. The number of carbonyl (C=O) groups is 1. The third-order valence-electron chi connectivity index (χ3n) is 3.39. The summed E-state index contributed by atoms with van der Waals surface area (Å²) in [7, 11) is 0. The van der Waals surface area contributed by atoms with E-state index in [0.717, 1.165) is 22.5 Å². The number of pyridine rings is 1. The zero-order valence-corrected chi connectivity index (χ0v) is 11.2. The molecule has 1 aromatic rings. The number of amides is 1. The second-order valence-electron chi connectivity index (χ2n) is 4.48. The monoisotopic (exact) mass is 312 g/mol. The fourth-order valence-corrected chi connectivity index (χ4v) is 2.83. The number of carboxylic acid groups (broad SMARTS) is 1. The third-order valence-corrected chi connectivity index (χ3v) is 3.82. The van der Waals surface area contributed by atoms with Crippen LogP contribution >= 0.6 is 15.9 Å². The second-order valence-corrected chi connectivity index (χ2v) is 5.40. The fourth-order valence-electron chi connectivity index (χ4n) is 2.50. The van der Waals surface area contributed by atoms with Crippen molar-refractivity contribution in [3.63, 3.8) is 0 Å². The van der Waals surface area contributed by atoms with E-state index in [2.05, 4.69) is 31.1 Å². The van der Waals surface area contributed by atoms with E-state index >= 15 is 0 Å². The fraction of sp³-hybridized carbons (Fsp3) is 0.455. The van der Waals surface area contributed by atoms with Crippen molar-refractivity contribution in [3.8, 4) is 0 Å². The summed E-state index contributed by atoms with van der Waals surface area (Å²) in [5.41, 5.74) is 1.00. The van der Waals surface area contributed by atoms with Crippen LogP contribution in [-0.2, 0) is 0 Å². The Morgan fingerprint density at radius 1 is 1.56 bits per heavy atom. The molecule has 0 aliphatic carbocycles. The van der Waals surface area contributed by atoms with E-state index in [0.29, 0.717) is 19.6 Å². The molecule has 1 amide bonds. The number of anilines is 2. The lowest BCUT2D eigenvalue weighted by Gasteiger charge is -2.44. The van der Waals surface area contributed by atoms with E-state index in [4.69, 9.17) is 5.11 Å². The number of piperazine rings is 1. The number of fused-ring (bicyclic) bond motifs is 3. The number of rotatable bonds is 0. The van der Waals surface area contributed by atoms with Gasteiger partial charge >= 0.3 is 6.09 Å². The van der Waals surface area contributed by atoms with Gasteiger partial charge in [0, 0.05) is 36.8 Å². The number of hydrogen-bond donors (Lipinski definition) is 2. The van der Waals surface area contributed by atoms with Crippen molar-refractivity contribution < 1.29 is 9.90 Å². The standard InChI is InChI=1S/C11H13BrN4O2/c12-7-3-9-10(14-4-7)16-2-1-15(11(17)18)6-8(16)5-13-9/h3-4,8,13H,1-2,5-6H2,(H,17,18). The van der Waals surface area contributed by atoms with E-state index < -0.39 is 6.09 Å². The molecule has 1 aromatic heterocycles. The minimum Gasteiger partial charge on any atom is -0.465 e. The molecule has 1 saturated heterocycles. The number of nitrogens with one attached hydrogen (secondary N) is 1. The molecule has 96 valence electrons. The summed E-state index contributed by atoms with van der Waals surface area (Å²) in [5, 5.41) is 12.3. The van der Waals surface area contributed by atoms with Crippen LogP contribution in [0.1, 0.15) is 0 Å². The van der Waals surface area contributed by atoms with Crippen LogP contribution in [0.15, 0.2) is 16.7 Å². The van der Waals surface area contributed by atoms with Gasteiger partial charge in [-0.25, -0.2) is 9.78 Å². The summed E-state index contributed by atoms with van der Waals surface area (Å²) in [6.45, 7) is 2.50. The molecule has 2 aliphatic heterocycles. The zero-order valence-electron chi connectivity index (χ0n) is 9.64. The second kappa shape index (κ2) is 4.31. The van der Waals surface area contributed by atoms with Gasteiger partial charge in [0.15, 0.2) is 5.82 Å². The van der Waals surface area contributed by atoms with E-state index in [1.165, 1.54) is 4.90 Å². The van der Waals surface area contributed by atoms with Crippen LogP contribution in [0.2, 0.25) is 0 Å². The number of hydrogen-bond acceptors (Lipinski definition) is 4. The minimum absolute atomic E-state index is 0.163. The summed E-state index contributed by atoms with van der Waals surface area (Å²) < 4.78 is 0.941. The van der Waals surface area contributed by atoms with Crippen molar-refractivity contribution in [3.05, 3.63) is 16.7 Å². The highest BCUT2D eigenvalue weighted by atomic mass is 79.9. The molecule has 18 heavy (non-hydrogen) atoms. The van der Waals surface area contributed by atoms with Crippen molar-refractivity contribution >= 4 is 33.5 Å². The molecule has 7 heteroatoms. The van der Waals surface area contributed by atoms with Gasteiger partial charge in [0.05, 0.1) is 11.7 Å². The number of nitrogens with zero attached hydrogens (tertiary/aromatic N) is 3. The van der Waals surface area contributed by atoms with Crippen LogP contribution in [0.3, 0.4) is 0 Å². The van der Waals surface area contributed by atoms with Crippen LogP contribution in [0.4, 0.5) is 16.3 Å². The van der Waals surface area contributed by atoms with Gasteiger partial charge in [-0.3, -0.25) is 0 Å². The van der Waals surface area contributed by atoms with E-state index in [1.807, 2.05) is 6.07 Å². The van der Waals surface area contributed by atoms with Gasteiger partial charge in [-0.15, -0.1) is 0 Å². The van der Waals surface area contributed by atoms with Gasteiger partial charge in [-0.05, 0) is 22.0 Å². The van der Waals surface area contributed by atoms with Gasteiger partial charge < -0.3 is 20.2 Å². The lowest BCUT2D eigenvalue weighted by Crippen LogP contribution is -2.58. The Balaban J connectivity index is 1.86. The van der Waals surface area contributed by atoms with Crippen molar-refractivity contribution in [2.45, 2.75) is 6.04 Å². The molecule has 0 aromatic carbocycles. The summed E-state index contributed by atoms with van der Waals surface area (Å²) >= 11 is 3.40. The summed E-state index contributed by atoms with van der Waals surface area (Å²) in [6.07, 6.45) is 0.927. The van der Waals surface area contributed by atoms with Crippen molar-refractivity contribution in [2.75, 3.05) is 36.4 Å². The molecule has 1 unspecified atom stereocenters. The van der Waals surface area contributed by atoms with Gasteiger partial charge in [-0.1, -0.05) is 0 Å². The molecule has 3 rings (SSSR count). The van der Waals surface area contributed by atoms with Crippen LogP contribution in [0, 0.1) is 0 Å².